The standard InChI is InChI=1S/C34H29O3P/c1-24-11-13-26(14-12-24)34(27-15-19-29(35)20-16-27,28-17-21-30(37-2)22-18-28)38(36)23-25-7-3-4-8-31(25)32-9-5-6-10-33(32)38/h3-22,35H,23H2,1-2H3. The van der Waals surface area contributed by atoms with Gasteiger partial charge in [-0.05, 0) is 64.6 Å². The minimum atomic E-state index is -3.32. The first-order valence-electron chi connectivity index (χ1n) is 12.8. The molecule has 0 amide bonds. The summed E-state index contributed by atoms with van der Waals surface area (Å²) < 4.78 is 21.8. The van der Waals surface area contributed by atoms with Crippen LogP contribution in [0.5, 0.6) is 11.5 Å². The smallest absolute Gasteiger partial charge is 0.138 e. The molecule has 3 nitrogen and oxygen atoms in total. The van der Waals surface area contributed by atoms with E-state index < -0.39 is 12.3 Å². The van der Waals surface area contributed by atoms with Crippen LogP contribution in [0.25, 0.3) is 11.1 Å². The molecule has 0 saturated carbocycles. The zero-order valence-corrected chi connectivity index (χ0v) is 22.4. The summed E-state index contributed by atoms with van der Waals surface area (Å²) in [5.74, 6) is 0.916. The van der Waals surface area contributed by atoms with Gasteiger partial charge in [-0.3, -0.25) is 0 Å². The van der Waals surface area contributed by atoms with Crippen LogP contribution < -0.4 is 10.0 Å². The summed E-state index contributed by atoms with van der Waals surface area (Å²) in [6, 6.07) is 40.0. The third-order valence-corrected chi connectivity index (χ3v) is 11.6. The SMILES string of the molecule is COc1ccc(C(c2ccc(C)cc2)(c2ccc(O)cc2)P2(=O)Cc3ccccc3-c3ccccc32)cc1. The molecule has 5 aromatic carbocycles. The average Bonchev–Trinajstić information content (AvgIpc) is 2.96. The number of rotatable bonds is 5. The predicted octanol–water partition coefficient (Wildman–Crippen LogP) is 7.87. The van der Waals surface area contributed by atoms with Crippen molar-refractivity contribution in [2.45, 2.75) is 18.2 Å². The van der Waals surface area contributed by atoms with Crippen LogP contribution in [0.15, 0.2) is 121 Å². The number of methoxy groups -OCH3 is 1. The van der Waals surface area contributed by atoms with Gasteiger partial charge in [-0.25, -0.2) is 0 Å². The number of phenolic OH excluding ortho intramolecular Hbond substituents is 1. The van der Waals surface area contributed by atoms with Crippen molar-refractivity contribution in [2.75, 3.05) is 7.11 Å². The quantitative estimate of drug-likeness (QED) is 0.191. The molecule has 2 unspecified atom stereocenters. The van der Waals surface area contributed by atoms with Crippen molar-refractivity contribution in [3.05, 3.63) is 149 Å². The fraction of sp³-hybridized carbons (Fsp3) is 0.118. The number of aryl methyl sites for hydroxylation is 1. The van der Waals surface area contributed by atoms with Gasteiger partial charge >= 0.3 is 0 Å². The Kier molecular flexibility index (Phi) is 5.97. The Labute approximate surface area is 223 Å². The van der Waals surface area contributed by atoms with E-state index >= 15 is 4.57 Å². The van der Waals surface area contributed by atoms with Crippen molar-refractivity contribution in [3.8, 4) is 22.6 Å². The Morgan fingerprint density at radius 3 is 1.84 bits per heavy atom. The highest BCUT2D eigenvalue weighted by Crippen LogP contribution is 2.72. The highest BCUT2D eigenvalue weighted by molar-refractivity contribution is 7.73. The Hall–Kier alpha value is -4.07. The van der Waals surface area contributed by atoms with Crippen LogP contribution in [-0.4, -0.2) is 12.2 Å². The molecule has 0 aromatic heterocycles. The van der Waals surface area contributed by atoms with Crippen molar-refractivity contribution in [1.82, 2.24) is 0 Å². The number of aromatic hydroxyl groups is 1. The second-order valence-electron chi connectivity index (χ2n) is 9.92. The number of hydrogen-bond acceptors (Lipinski definition) is 3. The summed E-state index contributed by atoms with van der Waals surface area (Å²) in [6.07, 6.45) is 0.418. The summed E-state index contributed by atoms with van der Waals surface area (Å²) >= 11 is 0. The summed E-state index contributed by atoms with van der Waals surface area (Å²) in [6.45, 7) is 2.06. The third-order valence-electron chi connectivity index (χ3n) is 7.80. The lowest BCUT2D eigenvalue weighted by molar-refractivity contribution is 0.414. The summed E-state index contributed by atoms with van der Waals surface area (Å²) in [4.78, 5) is 0. The Morgan fingerprint density at radius 1 is 0.684 bits per heavy atom. The van der Waals surface area contributed by atoms with Crippen LogP contribution in [-0.2, 0) is 15.9 Å². The molecule has 0 radical (unpaired) electrons. The highest BCUT2D eigenvalue weighted by atomic mass is 31.2. The van der Waals surface area contributed by atoms with Gasteiger partial charge in [0.05, 0.1) is 7.11 Å². The van der Waals surface area contributed by atoms with E-state index in [1.54, 1.807) is 19.2 Å². The number of fused-ring (bicyclic) bond motifs is 3. The first-order valence-corrected chi connectivity index (χ1v) is 14.6. The van der Waals surface area contributed by atoms with E-state index in [0.717, 1.165) is 50.0 Å². The molecule has 188 valence electrons. The minimum Gasteiger partial charge on any atom is -0.508 e. The van der Waals surface area contributed by atoms with Gasteiger partial charge in [0, 0.05) is 11.5 Å². The largest absolute Gasteiger partial charge is 0.508 e. The van der Waals surface area contributed by atoms with Crippen molar-refractivity contribution in [1.29, 1.82) is 0 Å². The summed E-state index contributed by atoms with van der Waals surface area (Å²) in [5, 5.41) is 10.1. The molecule has 38 heavy (non-hydrogen) atoms. The minimum absolute atomic E-state index is 0.175. The maximum Gasteiger partial charge on any atom is 0.138 e. The monoisotopic (exact) mass is 516 g/mol. The molecule has 0 bridgehead atoms. The molecule has 0 saturated heterocycles. The zero-order chi connectivity index (χ0) is 26.3. The molecule has 0 spiro atoms. The fourth-order valence-electron chi connectivity index (χ4n) is 6.02. The highest BCUT2D eigenvalue weighted by Gasteiger charge is 2.55. The lowest BCUT2D eigenvalue weighted by Crippen LogP contribution is -2.36. The molecule has 6 rings (SSSR count). The lowest BCUT2D eigenvalue weighted by Gasteiger charge is -2.45. The van der Waals surface area contributed by atoms with Gasteiger partial charge in [-0.2, -0.15) is 0 Å². The van der Waals surface area contributed by atoms with Gasteiger partial charge in [0.25, 0.3) is 0 Å². The first kappa shape index (κ1) is 24.3. The van der Waals surface area contributed by atoms with E-state index in [0.29, 0.717) is 6.16 Å². The molecule has 0 fully saturated rings. The van der Waals surface area contributed by atoms with E-state index in [1.807, 2.05) is 66.7 Å². The molecule has 0 aliphatic carbocycles. The molecule has 1 aliphatic heterocycles. The molecule has 1 N–H and O–H groups in total. The van der Waals surface area contributed by atoms with E-state index in [2.05, 4.69) is 49.4 Å². The number of benzene rings is 5. The maximum atomic E-state index is 16.3. The molecule has 1 aliphatic rings. The second kappa shape index (κ2) is 9.35. The van der Waals surface area contributed by atoms with Gasteiger partial charge in [0.15, 0.2) is 0 Å². The first-order chi connectivity index (χ1) is 18.5. The van der Waals surface area contributed by atoms with Crippen LogP contribution in [0, 0.1) is 6.92 Å². The molecule has 1 heterocycles. The lowest BCUT2D eigenvalue weighted by atomic mass is 9.83. The number of ether oxygens (including phenoxy) is 1. The Balaban J connectivity index is 1.78. The van der Waals surface area contributed by atoms with E-state index in [4.69, 9.17) is 4.74 Å². The van der Waals surface area contributed by atoms with Gasteiger partial charge in [-0.15, -0.1) is 0 Å². The molecular weight excluding hydrogens is 487 g/mol. The van der Waals surface area contributed by atoms with E-state index in [-0.39, 0.29) is 5.75 Å². The van der Waals surface area contributed by atoms with E-state index in [9.17, 15) is 5.11 Å². The van der Waals surface area contributed by atoms with Gasteiger partial charge < -0.3 is 14.4 Å². The molecule has 4 heteroatoms. The Bertz CT molecular complexity index is 1610. The third kappa shape index (κ3) is 3.61. The normalized spacial score (nSPS) is 17.6. The topological polar surface area (TPSA) is 46.5 Å². The van der Waals surface area contributed by atoms with Crippen molar-refractivity contribution in [3.63, 3.8) is 0 Å². The fourth-order valence-corrected chi connectivity index (χ4v) is 10.2. The van der Waals surface area contributed by atoms with Crippen molar-refractivity contribution >= 4 is 12.4 Å². The number of hydrogen-bond donors (Lipinski definition) is 1. The van der Waals surface area contributed by atoms with Crippen molar-refractivity contribution < 1.29 is 14.4 Å². The predicted molar refractivity (Wildman–Crippen MR) is 155 cm³/mol. The maximum absolute atomic E-state index is 16.3. The average molecular weight is 517 g/mol. The molecular formula is C34H29O3P. The van der Waals surface area contributed by atoms with Gasteiger partial charge in [0.1, 0.15) is 23.8 Å². The summed E-state index contributed by atoms with van der Waals surface area (Å²) in [5.41, 5.74) is 7.12. The van der Waals surface area contributed by atoms with Crippen LogP contribution >= 0.6 is 7.14 Å². The molecule has 2 atom stereocenters. The summed E-state index contributed by atoms with van der Waals surface area (Å²) in [7, 11) is -1.67. The van der Waals surface area contributed by atoms with Crippen LogP contribution in [0.2, 0.25) is 0 Å². The van der Waals surface area contributed by atoms with Crippen LogP contribution in [0.3, 0.4) is 0 Å². The van der Waals surface area contributed by atoms with Gasteiger partial charge in [-0.1, -0.05) is 103 Å². The molecule has 5 aromatic rings. The van der Waals surface area contributed by atoms with E-state index in [1.165, 1.54) is 0 Å². The number of phenols is 1. The van der Waals surface area contributed by atoms with Crippen LogP contribution in [0.4, 0.5) is 0 Å². The van der Waals surface area contributed by atoms with Crippen molar-refractivity contribution in [2.24, 2.45) is 0 Å². The second-order valence-corrected chi connectivity index (χ2v) is 12.9. The van der Waals surface area contributed by atoms with Crippen LogP contribution in [0.1, 0.15) is 27.8 Å². The Morgan fingerprint density at radius 2 is 1.21 bits per heavy atom. The zero-order valence-electron chi connectivity index (χ0n) is 21.5. The van der Waals surface area contributed by atoms with Gasteiger partial charge in [0.2, 0.25) is 0 Å².